The van der Waals surface area contributed by atoms with E-state index in [0.717, 1.165) is 25.8 Å². The predicted molar refractivity (Wildman–Crippen MR) is 162 cm³/mol. The predicted octanol–water partition coefficient (Wildman–Crippen LogP) is 5.29. The Balaban J connectivity index is 1.27. The lowest BCUT2D eigenvalue weighted by molar-refractivity contribution is 0.107. The largest absolute Gasteiger partial charge is 0.508 e. The molecule has 5 saturated heterocycles. The molecule has 44 heavy (non-hydrogen) atoms. The van der Waals surface area contributed by atoms with Crippen LogP contribution in [0.15, 0.2) is 30.5 Å². The summed E-state index contributed by atoms with van der Waals surface area (Å²) in [6, 6.07) is 6.26. The zero-order chi connectivity index (χ0) is 31.1. The highest BCUT2D eigenvalue weighted by Gasteiger charge is 2.49. The number of piperazine rings is 1. The number of aryl methyl sites for hydroxylation is 1. The number of phenolic OH excluding ortho intramolecular Hbond substituents is 1. The highest BCUT2D eigenvalue weighted by molar-refractivity contribution is 6.01. The van der Waals surface area contributed by atoms with Gasteiger partial charge in [0.05, 0.1) is 12.3 Å². The Morgan fingerprint density at radius 1 is 1.20 bits per heavy atom. The van der Waals surface area contributed by atoms with E-state index in [1.54, 1.807) is 12.3 Å². The zero-order valence-electron chi connectivity index (χ0n) is 25.5. The van der Waals surface area contributed by atoms with Gasteiger partial charge in [0.2, 0.25) is 0 Å². The van der Waals surface area contributed by atoms with Gasteiger partial charge in [-0.2, -0.15) is 9.97 Å². The van der Waals surface area contributed by atoms with Crippen molar-refractivity contribution in [3.05, 3.63) is 47.7 Å². The third-order valence-electron chi connectivity index (χ3n) is 10.1. The number of nitrogens with one attached hydrogen (secondary N) is 1. The fraction of sp³-hybridized carbons (Fsp3) is 0.485. The van der Waals surface area contributed by atoms with Gasteiger partial charge in [-0.1, -0.05) is 13.0 Å². The van der Waals surface area contributed by atoms with E-state index in [4.69, 9.17) is 11.1 Å². The summed E-state index contributed by atoms with van der Waals surface area (Å²) >= 11 is 0. The molecule has 7 heterocycles. The van der Waals surface area contributed by atoms with Crippen LogP contribution in [0.4, 0.5) is 19.0 Å². The van der Waals surface area contributed by atoms with Crippen LogP contribution in [0.1, 0.15) is 46.0 Å². The maximum absolute atomic E-state index is 16.8. The fourth-order valence-electron chi connectivity index (χ4n) is 7.97. The average molecular weight is 606 g/mol. The van der Waals surface area contributed by atoms with Crippen LogP contribution in [0.25, 0.3) is 32.9 Å². The smallest absolute Gasteiger partial charge is 0.319 e. The number of ether oxygens (including phenoxy) is 1. The number of nitrogens with zero attached hydrogens (tertiary/aromatic N) is 5. The highest BCUT2D eigenvalue weighted by atomic mass is 19.1. The van der Waals surface area contributed by atoms with Crippen molar-refractivity contribution in [1.29, 1.82) is 0 Å². The molecule has 2 bridgehead atoms. The molecule has 0 radical (unpaired) electrons. The number of rotatable bonds is 6. The number of halogens is 3. The van der Waals surface area contributed by atoms with Gasteiger partial charge in [0.25, 0.3) is 0 Å². The second-order valence-electron chi connectivity index (χ2n) is 12.7. The molecule has 2 N–H and O–H groups in total. The Bertz CT molecular complexity index is 1830. The molecular weight excluding hydrogens is 569 g/mol. The lowest BCUT2D eigenvalue weighted by Gasteiger charge is -2.46. The van der Waals surface area contributed by atoms with Crippen molar-refractivity contribution in [2.75, 3.05) is 37.7 Å². The number of aromatic nitrogens is 3. The van der Waals surface area contributed by atoms with Crippen molar-refractivity contribution < 1.29 is 24.4 Å². The lowest BCUT2D eigenvalue weighted by Crippen LogP contribution is -2.61. The van der Waals surface area contributed by atoms with Crippen LogP contribution in [0, 0.1) is 11.6 Å². The molecule has 230 valence electrons. The van der Waals surface area contributed by atoms with Gasteiger partial charge in [0, 0.05) is 49.9 Å². The molecule has 4 atom stereocenters. The summed E-state index contributed by atoms with van der Waals surface area (Å²) in [4.78, 5) is 18.1. The van der Waals surface area contributed by atoms with Crippen molar-refractivity contribution in [3.8, 4) is 23.0 Å². The number of hydrogen-bond donors (Lipinski definition) is 2. The van der Waals surface area contributed by atoms with Crippen LogP contribution >= 0.6 is 0 Å². The van der Waals surface area contributed by atoms with Gasteiger partial charge in [0.15, 0.2) is 5.82 Å². The molecule has 0 spiro atoms. The number of aromatic hydroxyl groups is 1. The Morgan fingerprint density at radius 3 is 2.86 bits per heavy atom. The van der Waals surface area contributed by atoms with Crippen LogP contribution in [0.2, 0.25) is 0 Å². The van der Waals surface area contributed by atoms with Crippen LogP contribution < -0.4 is 15.0 Å². The Hall–Kier alpha value is -3.70. The first kappa shape index (κ1) is 26.7. The third-order valence-corrected chi connectivity index (χ3v) is 10.1. The van der Waals surface area contributed by atoms with Crippen molar-refractivity contribution in [1.82, 2.24) is 25.2 Å². The number of fused-ring (bicyclic) bond motifs is 6. The number of anilines is 1. The number of hydrogen-bond acceptors (Lipinski definition) is 8. The molecule has 2 aromatic carbocycles. The molecule has 0 saturated carbocycles. The standard InChI is InChI=1S/C33H35F3N6O2/c1-2-23-26(35)7-4-18-10-22(43)11-24(27(18)23)29-28(36)30-25(14-38-29)31(42-16-20-5-6-21(42)13-37-20)40-32(39-30)44-17-33-8-3-9-41(33)15-19(34)12-33/h4,7,10-11,14,19-21,37,43H,2-3,5-6,8-9,12-13,15-17H2,1H3/t19-,20?,21?,33+/m1/s1/i19D. The molecule has 5 aliphatic rings. The van der Waals surface area contributed by atoms with Crippen molar-refractivity contribution in [3.63, 3.8) is 0 Å². The minimum atomic E-state index is -2.05. The molecule has 0 amide bonds. The molecule has 0 aliphatic carbocycles. The molecule has 8 nitrogen and oxygen atoms in total. The second kappa shape index (κ2) is 10.4. The zero-order valence-corrected chi connectivity index (χ0v) is 24.5. The summed E-state index contributed by atoms with van der Waals surface area (Å²) in [6.07, 6.45) is 3.49. The summed E-state index contributed by atoms with van der Waals surface area (Å²) in [5.74, 6) is -0.705. The Kier molecular flexibility index (Phi) is 6.33. The molecule has 11 heteroatoms. The van der Waals surface area contributed by atoms with Crippen molar-refractivity contribution in [2.45, 2.75) is 69.2 Å². The van der Waals surface area contributed by atoms with E-state index in [9.17, 15) is 13.9 Å². The number of pyridine rings is 1. The summed E-state index contributed by atoms with van der Waals surface area (Å²) in [6.45, 7) is 4.12. The molecule has 2 aromatic heterocycles. The van der Waals surface area contributed by atoms with E-state index in [0.29, 0.717) is 53.5 Å². The van der Waals surface area contributed by atoms with Crippen molar-refractivity contribution in [2.24, 2.45) is 0 Å². The molecule has 5 aliphatic heterocycles. The van der Waals surface area contributed by atoms with E-state index >= 15 is 4.39 Å². The van der Waals surface area contributed by atoms with Gasteiger partial charge in [0.1, 0.15) is 41.3 Å². The van der Waals surface area contributed by atoms with Crippen molar-refractivity contribution >= 4 is 27.5 Å². The summed E-state index contributed by atoms with van der Waals surface area (Å²) in [5.41, 5.74) is -0.0116. The minimum Gasteiger partial charge on any atom is -0.508 e. The summed E-state index contributed by atoms with van der Waals surface area (Å²) in [5, 5.41) is 15.6. The summed E-state index contributed by atoms with van der Waals surface area (Å²) < 4.78 is 60.9. The molecule has 2 unspecified atom stereocenters. The first-order chi connectivity index (χ1) is 21.6. The van der Waals surface area contributed by atoms with Gasteiger partial charge >= 0.3 is 6.01 Å². The third kappa shape index (κ3) is 4.38. The van der Waals surface area contributed by atoms with E-state index in [1.807, 2.05) is 11.8 Å². The molecule has 4 aromatic rings. The Morgan fingerprint density at radius 2 is 2.09 bits per heavy atom. The van der Waals surface area contributed by atoms with Gasteiger partial charge in [-0.15, -0.1) is 0 Å². The first-order valence-electron chi connectivity index (χ1n) is 16.0. The minimum absolute atomic E-state index is 0.00730. The normalized spacial score (nSPS) is 28.6. The monoisotopic (exact) mass is 605 g/mol. The number of piperidine rings is 2. The summed E-state index contributed by atoms with van der Waals surface area (Å²) in [7, 11) is 0. The number of alkyl halides is 1. The number of benzene rings is 2. The number of phenols is 1. The van der Waals surface area contributed by atoms with Crippen LogP contribution in [0.5, 0.6) is 11.8 Å². The van der Waals surface area contributed by atoms with Crippen LogP contribution in [0.3, 0.4) is 0 Å². The molecule has 5 fully saturated rings. The second-order valence-corrected chi connectivity index (χ2v) is 12.7. The van der Waals surface area contributed by atoms with Crippen LogP contribution in [-0.2, 0) is 6.42 Å². The van der Waals surface area contributed by atoms with Gasteiger partial charge in [-0.3, -0.25) is 9.88 Å². The maximum atomic E-state index is 16.8. The van der Waals surface area contributed by atoms with E-state index < -0.39 is 23.3 Å². The lowest BCUT2D eigenvalue weighted by atomic mass is 9.92. The van der Waals surface area contributed by atoms with Gasteiger partial charge < -0.3 is 20.1 Å². The fourth-order valence-corrected chi connectivity index (χ4v) is 7.97. The SMILES string of the molecule is [2H][C@]1(F)CN2CCC[C@@]2(COc2nc(N3CC4CCC3CN4)c3cnc(-c4cc(O)cc5ccc(F)c(CC)c45)c(F)c3n2)C1. The maximum Gasteiger partial charge on any atom is 0.319 e. The quantitative estimate of drug-likeness (QED) is 0.307. The topological polar surface area (TPSA) is 86.6 Å². The van der Waals surface area contributed by atoms with Gasteiger partial charge in [-0.05, 0) is 73.2 Å². The van der Waals surface area contributed by atoms with Gasteiger partial charge in [-0.25, -0.2) is 13.2 Å². The molecular formula is C33H35F3N6O2. The van der Waals surface area contributed by atoms with E-state index in [2.05, 4.69) is 20.2 Å². The highest BCUT2D eigenvalue weighted by Crippen LogP contribution is 2.42. The first-order valence-corrected chi connectivity index (χ1v) is 15.5. The van der Waals surface area contributed by atoms with Crippen LogP contribution in [-0.4, -0.2) is 81.5 Å². The van der Waals surface area contributed by atoms with E-state index in [-0.39, 0.29) is 60.2 Å². The average Bonchev–Trinajstić information content (AvgIpc) is 3.52. The Labute approximate surface area is 254 Å². The van der Waals surface area contributed by atoms with E-state index in [1.165, 1.54) is 18.2 Å². The molecule has 9 rings (SSSR count).